The highest BCUT2D eigenvalue weighted by Crippen LogP contribution is 2.21. The largest absolute Gasteiger partial charge is 0.494 e. The van der Waals surface area contributed by atoms with Gasteiger partial charge < -0.3 is 9.84 Å². The molecule has 0 radical (unpaired) electrons. The van der Waals surface area contributed by atoms with Crippen molar-refractivity contribution in [2.75, 3.05) is 6.61 Å². The van der Waals surface area contributed by atoms with E-state index in [0.29, 0.717) is 17.9 Å². The van der Waals surface area contributed by atoms with Crippen molar-refractivity contribution in [3.8, 4) is 5.75 Å². The van der Waals surface area contributed by atoms with Gasteiger partial charge in [-0.05, 0) is 37.1 Å². The third-order valence-corrected chi connectivity index (χ3v) is 1.93. The number of hydrogen-bond acceptors (Lipinski definition) is 2. The molecule has 0 aliphatic heterocycles. The van der Waals surface area contributed by atoms with Crippen molar-refractivity contribution in [2.45, 2.75) is 19.8 Å². The fraction of sp³-hybridized carbons (Fsp3) is 0.364. The molecule has 82 valence electrons. The second-order valence-corrected chi connectivity index (χ2v) is 3.08. The standard InChI is InChI=1S/C11H13FO3/c1-2-15-10-5-4-9(12)7-8(10)3-6-11(13)14/h4-5,7H,2-3,6H2,1H3,(H,13,14). The van der Waals surface area contributed by atoms with E-state index in [2.05, 4.69) is 0 Å². The zero-order chi connectivity index (χ0) is 11.3. The molecule has 0 unspecified atom stereocenters. The van der Waals surface area contributed by atoms with E-state index in [-0.39, 0.29) is 18.7 Å². The molecule has 0 amide bonds. The van der Waals surface area contributed by atoms with Gasteiger partial charge in [-0.15, -0.1) is 0 Å². The minimum Gasteiger partial charge on any atom is -0.494 e. The van der Waals surface area contributed by atoms with Crippen LogP contribution in [0.5, 0.6) is 5.75 Å². The molecule has 0 bridgehead atoms. The average Bonchev–Trinajstić information content (AvgIpc) is 2.18. The third-order valence-electron chi connectivity index (χ3n) is 1.93. The van der Waals surface area contributed by atoms with Gasteiger partial charge in [-0.25, -0.2) is 4.39 Å². The van der Waals surface area contributed by atoms with Crippen LogP contribution in [-0.2, 0) is 11.2 Å². The molecule has 0 aromatic heterocycles. The quantitative estimate of drug-likeness (QED) is 0.814. The number of aliphatic carboxylic acids is 1. The second-order valence-electron chi connectivity index (χ2n) is 3.08. The smallest absolute Gasteiger partial charge is 0.303 e. The Kier molecular flexibility index (Phi) is 4.09. The number of hydrogen-bond donors (Lipinski definition) is 1. The van der Waals surface area contributed by atoms with Gasteiger partial charge in [0.05, 0.1) is 6.61 Å². The highest BCUT2D eigenvalue weighted by atomic mass is 19.1. The molecule has 1 aromatic rings. The van der Waals surface area contributed by atoms with Crippen LogP contribution in [0.4, 0.5) is 4.39 Å². The first-order valence-corrected chi connectivity index (χ1v) is 4.76. The summed E-state index contributed by atoms with van der Waals surface area (Å²) in [4.78, 5) is 10.4. The summed E-state index contributed by atoms with van der Waals surface area (Å²) >= 11 is 0. The number of ether oxygens (including phenoxy) is 1. The Labute approximate surface area is 87.5 Å². The number of carbonyl (C=O) groups is 1. The van der Waals surface area contributed by atoms with Crippen LogP contribution in [0.15, 0.2) is 18.2 Å². The summed E-state index contributed by atoms with van der Waals surface area (Å²) in [6.45, 7) is 2.30. The molecule has 0 spiro atoms. The molecule has 4 heteroatoms. The summed E-state index contributed by atoms with van der Waals surface area (Å²) in [7, 11) is 0. The summed E-state index contributed by atoms with van der Waals surface area (Å²) in [6.07, 6.45) is 0.256. The first-order chi connectivity index (χ1) is 7.13. The maximum absolute atomic E-state index is 12.9. The van der Waals surface area contributed by atoms with Crippen LogP contribution in [0.3, 0.4) is 0 Å². The summed E-state index contributed by atoms with van der Waals surface area (Å²) in [5.41, 5.74) is 0.597. The Morgan fingerprint density at radius 1 is 1.53 bits per heavy atom. The van der Waals surface area contributed by atoms with E-state index in [0.717, 1.165) is 0 Å². The maximum Gasteiger partial charge on any atom is 0.303 e. The topological polar surface area (TPSA) is 46.5 Å². The van der Waals surface area contributed by atoms with Gasteiger partial charge >= 0.3 is 5.97 Å². The highest BCUT2D eigenvalue weighted by Gasteiger charge is 2.07. The van der Waals surface area contributed by atoms with Crippen LogP contribution in [0.1, 0.15) is 18.9 Å². The van der Waals surface area contributed by atoms with Gasteiger partial charge in [0.1, 0.15) is 11.6 Å². The van der Waals surface area contributed by atoms with Crippen LogP contribution in [-0.4, -0.2) is 17.7 Å². The van der Waals surface area contributed by atoms with Crippen molar-refractivity contribution in [1.82, 2.24) is 0 Å². The lowest BCUT2D eigenvalue weighted by Gasteiger charge is -2.09. The molecule has 3 nitrogen and oxygen atoms in total. The van der Waals surface area contributed by atoms with Gasteiger partial charge in [0.2, 0.25) is 0 Å². The van der Waals surface area contributed by atoms with E-state index in [1.807, 2.05) is 6.92 Å². The number of benzene rings is 1. The Morgan fingerprint density at radius 2 is 2.27 bits per heavy atom. The van der Waals surface area contributed by atoms with Crippen molar-refractivity contribution >= 4 is 5.97 Å². The molecule has 1 rings (SSSR count). The highest BCUT2D eigenvalue weighted by molar-refractivity contribution is 5.67. The van der Waals surface area contributed by atoms with Crippen molar-refractivity contribution in [2.24, 2.45) is 0 Å². The molecule has 0 aliphatic rings. The number of halogens is 1. The van der Waals surface area contributed by atoms with E-state index in [4.69, 9.17) is 9.84 Å². The minimum atomic E-state index is -0.901. The van der Waals surface area contributed by atoms with Gasteiger partial charge in [-0.1, -0.05) is 0 Å². The van der Waals surface area contributed by atoms with E-state index < -0.39 is 5.97 Å². The number of aryl methyl sites for hydroxylation is 1. The summed E-state index contributed by atoms with van der Waals surface area (Å²) in [5, 5.41) is 8.53. The van der Waals surface area contributed by atoms with Crippen LogP contribution in [0.2, 0.25) is 0 Å². The van der Waals surface area contributed by atoms with E-state index in [9.17, 15) is 9.18 Å². The zero-order valence-electron chi connectivity index (χ0n) is 8.50. The molecule has 0 aliphatic carbocycles. The Morgan fingerprint density at radius 3 is 2.87 bits per heavy atom. The monoisotopic (exact) mass is 212 g/mol. The number of carboxylic acids is 1. The lowest BCUT2D eigenvalue weighted by atomic mass is 10.1. The lowest BCUT2D eigenvalue weighted by Crippen LogP contribution is -2.01. The predicted octanol–water partition coefficient (Wildman–Crippen LogP) is 2.24. The molecule has 1 N–H and O–H groups in total. The van der Waals surface area contributed by atoms with Crippen molar-refractivity contribution < 1.29 is 19.0 Å². The Bertz CT molecular complexity index is 350. The minimum absolute atomic E-state index is 0.0243. The lowest BCUT2D eigenvalue weighted by molar-refractivity contribution is -0.136. The first-order valence-electron chi connectivity index (χ1n) is 4.76. The summed E-state index contributed by atoms with van der Waals surface area (Å²) in [6, 6.07) is 4.14. The summed E-state index contributed by atoms with van der Waals surface area (Å²) < 4.78 is 18.2. The number of carboxylic acid groups (broad SMARTS) is 1. The van der Waals surface area contributed by atoms with Crippen molar-refractivity contribution in [3.05, 3.63) is 29.6 Å². The molecule has 15 heavy (non-hydrogen) atoms. The van der Waals surface area contributed by atoms with E-state index in [1.54, 1.807) is 0 Å². The van der Waals surface area contributed by atoms with Crippen LogP contribution < -0.4 is 4.74 Å². The molecular weight excluding hydrogens is 199 g/mol. The van der Waals surface area contributed by atoms with Crippen LogP contribution in [0, 0.1) is 5.82 Å². The van der Waals surface area contributed by atoms with Gasteiger partial charge in [0, 0.05) is 6.42 Å². The summed E-state index contributed by atoms with van der Waals surface area (Å²) in [5.74, 6) is -0.722. The molecule has 0 atom stereocenters. The normalized spacial score (nSPS) is 10.0. The fourth-order valence-corrected chi connectivity index (χ4v) is 1.28. The van der Waals surface area contributed by atoms with Crippen LogP contribution >= 0.6 is 0 Å². The SMILES string of the molecule is CCOc1ccc(F)cc1CCC(=O)O. The molecule has 0 fully saturated rings. The van der Waals surface area contributed by atoms with Gasteiger partial charge in [-0.3, -0.25) is 4.79 Å². The molecule has 1 aromatic carbocycles. The predicted molar refractivity (Wildman–Crippen MR) is 53.5 cm³/mol. The van der Waals surface area contributed by atoms with Gasteiger partial charge in [0.25, 0.3) is 0 Å². The first kappa shape index (κ1) is 11.5. The zero-order valence-corrected chi connectivity index (χ0v) is 8.50. The average molecular weight is 212 g/mol. The van der Waals surface area contributed by atoms with Gasteiger partial charge in [-0.2, -0.15) is 0 Å². The molecule has 0 heterocycles. The Hall–Kier alpha value is -1.58. The Balaban J connectivity index is 2.81. The van der Waals surface area contributed by atoms with Crippen molar-refractivity contribution in [1.29, 1.82) is 0 Å². The van der Waals surface area contributed by atoms with E-state index in [1.165, 1.54) is 18.2 Å². The fourth-order valence-electron chi connectivity index (χ4n) is 1.28. The van der Waals surface area contributed by atoms with Crippen LogP contribution in [0.25, 0.3) is 0 Å². The van der Waals surface area contributed by atoms with E-state index >= 15 is 0 Å². The number of rotatable bonds is 5. The maximum atomic E-state index is 12.9. The molecular formula is C11H13FO3. The second kappa shape index (κ2) is 5.34. The molecule has 0 saturated carbocycles. The molecule has 0 saturated heterocycles. The third kappa shape index (κ3) is 3.58. The van der Waals surface area contributed by atoms with Crippen molar-refractivity contribution in [3.63, 3.8) is 0 Å². The van der Waals surface area contributed by atoms with Gasteiger partial charge in [0.15, 0.2) is 0 Å².